The van der Waals surface area contributed by atoms with Gasteiger partial charge < -0.3 is 9.80 Å². The van der Waals surface area contributed by atoms with Gasteiger partial charge in [0.25, 0.3) is 0 Å². The number of likely N-dealkylation sites (N-methyl/N-ethyl adjacent to an activating group) is 2. The molecule has 1 aromatic heterocycles. The fourth-order valence-corrected chi connectivity index (χ4v) is 2.36. The van der Waals surface area contributed by atoms with E-state index in [-0.39, 0.29) is 0 Å². The third-order valence-electron chi connectivity index (χ3n) is 3.31. The lowest BCUT2D eigenvalue weighted by Gasteiger charge is -2.35. The van der Waals surface area contributed by atoms with Crippen LogP contribution in [0.2, 0.25) is 0 Å². The minimum Gasteiger partial charge on any atom is -0.340 e. The summed E-state index contributed by atoms with van der Waals surface area (Å²) in [6.07, 6.45) is 6.06. The molecule has 0 amide bonds. The molecule has 2 rings (SSSR count). The molecule has 1 unspecified atom stereocenters. The minimum absolute atomic E-state index is 0.468. The van der Waals surface area contributed by atoms with E-state index in [4.69, 9.17) is 11.6 Å². The smallest absolute Gasteiger partial charge is 0.225 e. The number of anilines is 1. The highest BCUT2D eigenvalue weighted by Crippen LogP contribution is 2.17. The number of hydrogen-bond donors (Lipinski definition) is 0. The summed E-state index contributed by atoms with van der Waals surface area (Å²) in [4.78, 5) is 13.3. The Hall–Kier alpha value is -0.870. The van der Waals surface area contributed by atoms with Gasteiger partial charge in [0, 0.05) is 37.6 Å². The largest absolute Gasteiger partial charge is 0.340 e. The van der Waals surface area contributed by atoms with E-state index in [2.05, 4.69) is 33.9 Å². The van der Waals surface area contributed by atoms with E-state index >= 15 is 0 Å². The van der Waals surface area contributed by atoms with Crippen molar-refractivity contribution in [3.8, 4) is 0 Å². The van der Waals surface area contributed by atoms with Crippen LogP contribution in [-0.4, -0.2) is 48.1 Å². The van der Waals surface area contributed by atoms with Gasteiger partial charge in [-0.05, 0) is 26.4 Å². The Labute approximate surface area is 108 Å². The van der Waals surface area contributed by atoms with Crippen molar-refractivity contribution in [3.05, 3.63) is 18.0 Å². The van der Waals surface area contributed by atoms with Crippen LogP contribution in [0.4, 0.5) is 5.95 Å². The second-order valence-electron chi connectivity index (χ2n) is 4.69. The summed E-state index contributed by atoms with van der Waals surface area (Å²) in [6, 6.07) is 0.510. The molecule has 0 spiro atoms. The zero-order valence-electron chi connectivity index (χ0n) is 10.4. The molecule has 0 N–H and O–H groups in total. The van der Waals surface area contributed by atoms with Crippen molar-refractivity contribution in [2.75, 3.05) is 32.1 Å². The number of alkyl halides is 1. The Bertz CT molecular complexity index is 354. The number of halogens is 1. The number of likely N-dealkylation sites (tertiary alicyclic amines) is 1. The Kier molecular flexibility index (Phi) is 4.18. The molecule has 0 saturated carbocycles. The van der Waals surface area contributed by atoms with Crippen molar-refractivity contribution in [1.29, 1.82) is 0 Å². The van der Waals surface area contributed by atoms with E-state index in [1.165, 1.54) is 19.4 Å². The molecule has 5 heteroatoms. The SMILES string of the molecule is CN1CCCC(N(C)c2ncc(CCl)cn2)C1. The maximum absolute atomic E-state index is 5.73. The van der Waals surface area contributed by atoms with Crippen molar-refractivity contribution < 1.29 is 0 Å². The molecule has 2 heterocycles. The molecular formula is C12H19ClN4. The van der Waals surface area contributed by atoms with Crippen molar-refractivity contribution in [3.63, 3.8) is 0 Å². The maximum atomic E-state index is 5.73. The van der Waals surface area contributed by atoms with Gasteiger partial charge in [0.2, 0.25) is 5.95 Å². The van der Waals surface area contributed by atoms with Crippen molar-refractivity contribution in [2.45, 2.75) is 24.8 Å². The van der Waals surface area contributed by atoms with E-state index in [0.29, 0.717) is 11.9 Å². The van der Waals surface area contributed by atoms with E-state index < -0.39 is 0 Å². The first-order valence-electron chi connectivity index (χ1n) is 5.99. The van der Waals surface area contributed by atoms with Crippen LogP contribution in [0.1, 0.15) is 18.4 Å². The van der Waals surface area contributed by atoms with Gasteiger partial charge in [-0.3, -0.25) is 0 Å². The quantitative estimate of drug-likeness (QED) is 0.770. The van der Waals surface area contributed by atoms with E-state index in [1.807, 2.05) is 0 Å². The standard InChI is InChI=1S/C12H19ClN4/c1-16-5-3-4-11(9-16)17(2)12-14-7-10(6-13)8-15-12/h7-8,11H,3-6,9H2,1-2H3. The minimum atomic E-state index is 0.468. The molecule has 1 aliphatic heterocycles. The highest BCUT2D eigenvalue weighted by molar-refractivity contribution is 6.17. The van der Waals surface area contributed by atoms with Gasteiger partial charge >= 0.3 is 0 Å². The van der Waals surface area contributed by atoms with E-state index in [1.54, 1.807) is 12.4 Å². The highest BCUT2D eigenvalue weighted by atomic mass is 35.5. The second-order valence-corrected chi connectivity index (χ2v) is 4.96. The molecule has 1 aromatic rings. The maximum Gasteiger partial charge on any atom is 0.225 e. The fourth-order valence-electron chi connectivity index (χ4n) is 2.22. The molecule has 1 saturated heterocycles. The van der Waals surface area contributed by atoms with Crippen molar-refractivity contribution in [1.82, 2.24) is 14.9 Å². The van der Waals surface area contributed by atoms with Crippen LogP contribution >= 0.6 is 11.6 Å². The Morgan fingerprint density at radius 2 is 2.18 bits per heavy atom. The molecular weight excluding hydrogens is 236 g/mol. The van der Waals surface area contributed by atoms with Gasteiger partial charge in [0.1, 0.15) is 0 Å². The van der Waals surface area contributed by atoms with E-state index in [0.717, 1.165) is 18.1 Å². The topological polar surface area (TPSA) is 32.3 Å². The molecule has 17 heavy (non-hydrogen) atoms. The first kappa shape index (κ1) is 12.6. The average molecular weight is 255 g/mol. The molecule has 1 aliphatic rings. The van der Waals surface area contributed by atoms with Gasteiger partial charge in [-0.2, -0.15) is 0 Å². The summed E-state index contributed by atoms with van der Waals surface area (Å²) >= 11 is 5.73. The van der Waals surface area contributed by atoms with Crippen LogP contribution < -0.4 is 4.90 Å². The summed E-state index contributed by atoms with van der Waals surface area (Å²) in [5.41, 5.74) is 0.963. The summed E-state index contributed by atoms with van der Waals surface area (Å²) in [5, 5.41) is 0. The van der Waals surface area contributed by atoms with Crippen LogP contribution in [-0.2, 0) is 5.88 Å². The molecule has 1 fully saturated rings. The van der Waals surface area contributed by atoms with Gasteiger partial charge in [0.05, 0.1) is 5.88 Å². The lowest BCUT2D eigenvalue weighted by molar-refractivity contribution is 0.247. The van der Waals surface area contributed by atoms with Gasteiger partial charge in [0.15, 0.2) is 0 Å². The summed E-state index contributed by atoms with van der Waals surface area (Å²) in [7, 11) is 4.23. The van der Waals surface area contributed by atoms with Crippen LogP contribution in [0, 0.1) is 0 Å². The first-order chi connectivity index (χ1) is 8.20. The van der Waals surface area contributed by atoms with E-state index in [9.17, 15) is 0 Å². The van der Waals surface area contributed by atoms with Gasteiger partial charge in [-0.15, -0.1) is 11.6 Å². The highest BCUT2D eigenvalue weighted by Gasteiger charge is 2.22. The third kappa shape index (κ3) is 3.07. The number of nitrogens with zero attached hydrogens (tertiary/aromatic N) is 4. The molecule has 94 valence electrons. The third-order valence-corrected chi connectivity index (χ3v) is 3.62. The molecule has 0 bridgehead atoms. The number of aromatic nitrogens is 2. The molecule has 4 nitrogen and oxygen atoms in total. The second kappa shape index (κ2) is 5.65. The van der Waals surface area contributed by atoms with Crippen LogP contribution in [0.5, 0.6) is 0 Å². The average Bonchev–Trinajstić information content (AvgIpc) is 2.38. The monoisotopic (exact) mass is 254 g/mol. The van der Waals surface area contributed by atoms with Crippen molar-refractivity contribution >= 4 is 17.5 Å². The fraction of sp³-hybridized carbons (Fsp3) is 0.667. The number of piperidine rings is 1. The Morgan fingerprint density at radius 3 is 2.76 bits per heavy atom. The lowest BCUT2D eigenvalue weighted by atomic mass is 10.1. The molecule has 0 aliphatic carbocycles. The van der Waals surface area contributed by atoms with Crippen LogP contribution in [0.25, 0.3) is 0 Å². The number of hydrogen-bond acceptors (Lipinski definition) is 4. The molecule has 0 aromatic carbocycles. The van der Waals surface area contributed by atoms with Gasteiger partial charge in [-0.25, -0.2) is 9.97 Å². The summed E-state index contributed by atoms with van der Waals surface area (Å²) < 4.78 is 0. The number of rotatable bonds is 3. The predicted molar refractivity (Wildman–Crippen MR) is 70.5 cm³/mol. The van der Waals surface area contributed by atoms with Crippen LogP contribution in [0.3, 0.4) is 0 Å². The summed E-state index contributed by atoms with van der Waals surface area (Å²) in [6.45, 7) is 2.27. The summed E-state index contributed by atoms with van der Waals surface area (Å²) in [5.74, 6) is 1.26. The van der Waals surface area contributed by atoms with Gasteiger partial charge in [-0.1, -0.05) is 0 Å². The molecule has 1 atom stereocenters. The zero-order valence-corrected chi connectivity index (χ0v) is 11.2. The predicted octanol–water partition coefficient (Wildman–Crippen LogP) is 1.75. The molecule has 0 radical (unpaired) electrons. The lowest BCUT2D eigenvalue weighted by Crippen LogP contribution is -2.45. The Balaban J connectivity index is 2.04. The van der Waals surface area contributed by atoms with Crippen LogP contribution in [0.15, 0.2) is 12.4 Å². The van der Waals surface area contributed by atoms with Crippen molar-refractivity contribution in [2.24, 2.45) is 0 Å². The Morgan fingerprint density at radius 1 is 1.47 bits per heavy atom. The normalized spacial score (nSPS) is 21.5. The first-order valence-corrected chi connectivity index (χ1v) is 6.52. The zero-order chi connectivity index (χ0) is 12.3.